The van der Waals surface area contributed by atoms with Crippen molar-refractivity contribution < 1.29 is 19.1 Å². The maximum absolute atomic E-state index is 13.7. The fourth-order valence-electron chi connectivity index (χ4n) is 4.34. The van der Waals surface area contributed by atoms with Gasteiger partial charge in [0.1, 0.15) is 5.75 Å². The van der Waals surface area contributed by atoms with Crippen molar-refractivity contribution in [2.24, 2.45) is 5.92 Å². The van der Waals surface area contributed by atoms with Crippen molar-refractivity contribution in [1.82, 2.24) is 14.8 Å². The Morgan fingerprint density at radius 2 is 1.72 bits per heavy atom. The number of aromatic amines is 1. The van der Waals surface area contributed by atoms with Crippen molar-refractivity contribution in [2.45, 2.75) is 39.7 Å². The van der Waals surface area contributed by atoms with Gasteiger partial charge in [0.05, 0.1) is 13.7 Å². The summed E-state index contributed by atoms with van der Waals surface area (Å²) < 4.78 is 10.7. The molecule has 0 spiro atoms. The second kappa shape index (κ2) is 13.7. The van der Waals surface area contributed by atoms with Crippen LogP contribution in [0.4, 0.5) is 0 Å². The van der Waals surface area contributed by atoms with Gasteiger partial charge in [-0.25, -0.2) is 0 Å². The van der Waals surface area contributed by atoms with Gasteiger partial charge in [0, 0.05) is 61.9 Å². The summed E-state index contributed by atoms with van der Waals surface area (Å²) in [6.45, 7) is 5.94. The number of methoxy groups -OCH3 is 2. The van der Waals surface area contributed by atoms with Crippen molar-refractivity contribution in [1.29, 1.82) is 0 Å². The highest BCUT2D eigenvalue weighted by molar-refractivity contribution is 5.86. The molecule has 2 amide bonds. The first kappa shape index (κ1) is 27.3. The third-order valence-electron chi connectivity index (χ3n) is 6.68. The summed E-state index contributed by atoms with van der Waals surface area (Å²) in [4.78, 5) is 33.6. The first-order valence-corrected chi connectivity index (χ1v) is 12.7. The number of carbonyl (C=O) groups is 2. The van der Waals surface area contributed by atoms with Gasteiger partial charge in [0.25, 0.3) is 0 Å². The number of fused-ring (bicyclic) bond motifs is 1. The van der Waals surface area contributed by atoms with E-state index in [9.17, 15) is 9.59 Å². The minimum Gasteiger partial charge on any atom is -0.496 e. The molecule has 2 aromatic carbocycles. The number of H-pyrrole nitrogens is 1. The molecule has 7 nitrogen and oxygen atoms in total. The predicted octanol–water partition coefficient (Wildman–Crippen LogP) is 4.66. The summed E-state index contributed by atoms with van der Waals surface area (Å²) in [5.74, 6) is 0.551. The first-order chi connectivity index (χ1) is 17.5. The van der Waals surface area contributed by atoms with Crippen LogP contribution < -0.4 is 4.74 Å². The van der Waals surface area contributed by atoms with Crippen molar-refractivity contribution in [2.75, 3.05) is 40.5 Å². The number of aromatic nitrogens is 1. The zero-order valence-electron chi connectivity index (χ0n) is 22.0. The van der Waals surface area contributed by atoms with Gasteiger partial charge in [-0.3, -0.25) is 9.59 Å². The molecule has 194 valence electrons. The van der Waals surface area contributed by atoms with Crippen LogP contribution in [0.5, 0.6) is 5.75 Å². The van der Waals surface area contributed by atoms with Crippen molar-refractivity contribution >= 4 is 22.7 Å². The molecule has 0 aliphatic heterocycles. The Bertz CT molecular complexity index is 1130. The van der Waals surface area contributed by atoms with E-state index in [0.29, 0.717) is 39.1 Å². The maximum Gasteiger partial charge on any atom is 0.242 e. The van der Waals surface area contributed by atoms with E-state index in [1.54, 1.807) is 19.1 Å². The molecule has 1 N–H and O–H groups in total. The van der Waals surface area contributed by atoms with Gasteiger partial charge in [0.15, 0.2) is 0 Å². The molecule has 1 heterocycles. The lowest BCUT2D eigenvalue weighted by Crippen LogP contribution is -2.45. The van der Waals surface area contributed by atoms with Gasteiger partial charge >= 0.3 is 0 Å². The highest BCUT2D eigenvalue weighted by atomic mass is 16.5. The molecule has 0 aliphatic rings. The van der Waals surface area contributed by atoms with E-state index in [1.807, 2.05) is 61.3 Å². The predicted molar refractivity (Wildman–Crippen MR) is 143 cm³/mol. The third kappa shape index (κ3) is 7.10. The molecular weight excluding hydrogens is 454 g/mol. The van der Waals surface area contributed by atoms with Crippen LogP contribution in [0.1, 0.15) is 37.8 Å². The Labute approximate surface area is 214 Å². The number of benzene rings is 2. The number of hydrogen-bond acceptors (Lipinski definition) is 4. The maximum atomic E-state index is 13.7. The number of nitrogens with one attached hydrogen (secondary N) is 1. The van der Waals surface area contributed by atoms with E-state index >= 15 is 0 Å². The minimum absolute atomic E-state index is 0.0100. The van der Waals surface area contributed by atoms with E-state index in [2.05, 4.69) is 17.1 Å². The lowest BCUT2D eigenvalue weighted by atomic mass is 10.1. The molecule has 0 bridgehead atoms. The molecule has 0 saturated carbocycles. The van der Waals surface area contributed by atoms with Gasteiger partial charge in [-0.15, -0.1) is 0 Å². The molecule has 0 radical (unpaired) electrons. The number of carbonyl (C=O) groups excluding carboxylic acids is 2. The smallest absolute Gasteiger partial charge is 0.242 e. The van der Waals surface area contributed by atoms with Gasteiger partial charge in [-0.1, -0.05) is 50.2 Å². The number of hydrogen-bond donors (Lipinski definition) is 1. The van der Waals surface area contributed by atoms with Gasteiger partial charge in [0.2, 0.25) is 11.8 Å². The summed E-state index contributed by atoms with van der Waals surface area (Å²) >= 11 is 0. The normalized spacial score (nSPS) is 11.9. The fraction of sp³-hybridized carbons (Fsp3) is 0.448. The van der Waals surface area contributed by atoms with E-state index in [-0.39, 0.29) is 24.3 Å². The van der Waals surface area contributed by atoms with Gasteiger partial charge in [-0.05, 0) is 37.0 Å². The summed E-state index contributed by atoms with van der Waals surface area (Å²) in [5, 5.41) is 1.16. The highest BCUT2D eigenvalue weighted by Crippen LogP contribution is 2.22. The van der Waals surface area contributed by atoms with Crippen molar-refractivity contribution in [3.63, 3.8) is 0 Å². The first-order valence-electron chi connectivity index (χ1n) is 12.7. The second-order valence-corrected chi connectivity index (χ2v) is 9.15. The van der Waals surface area contributed by atoms with Crippen molar-refractivity contribution in [3.8, 4) is 5.75 Å². The van der Waals surface area contributed by atoms with Crippen LogP contribution in [-0.4, -0.2) is 67.1 Å². The molecule has 7 heteroatoms. The summed E-state index contributed by atoms with van der Waals surface area (Å²) in [6.07, 6.45) is 4.14. The molecule has 3 rings (SSSR count). The highest BCUT2D eigenvalue weighted by Gasteiger charge is 2.25. The molecule has 3 aromatic rings. The van der Waals surface area contributed by atoms with Crippen LogP contribution in [0.25, 0.3) is 10.9 Å². The zero-order chi connectivity index (χ0) is 25.9. The Morgan fingerprint density at radius 1 is 0.972 bits per heavy atom. The number of para-hydroxylation sites is 2. The average Bonchev–Trinajstić information content (AvgIpc) is 3.32. The second-order valence-electron chi connectivity index (χ2n) is 9.15. The monoisotopic (exact) mass is 493 g/mol. The quantitative estimate of drug-likeness (QED) is 0.332. The Balaban J connectivity index is 1.81. The number of nitrogens with zero attached hydrogens (tertiary/aromatic N) is 2. The molecule has 36 heavy (non-hydrogen) atoms. The van der Waals surface area contributed by atoms with E-state index in [1.165, 1.54) is 0 Å². The van der Waals surface area contributed by atoms with E-state index < -0.39 is 0 Å². The third-order valence-corrected chi connectivity index (χ3v) is 6.68. The number of amides is 2. The lowest BCUT2D eigenvalue weighted by Gasteiger charge is -2.29. The lowest BCUT2D eigenvalue weighted by molar-refractivity contribution is -0.143. The average molecular weight is 494 g/mol. The number of ether oxygens (including phenoxy) is 2. The standard InChI is InChI=1S/C29H39N3O4/c1-5-22(2)29(34)32(16-10-18-35-3)21-28(33)31(20-24-11-6-9-14-27(24)36-4)17-15-23-19-30-26-13-8-7-12-25(23)26/h6-9,11-14,19,22,30H,5,10,15-18,20-21H2,1-4H3. The largest absolute Gasteiger partial charge is 0.496 e. The Hall–Kier alpha value is -3.32. The summed E-state index contributed by atoms with van der Waals surface area (Å²) in [6, 6.07) is 15.9. The van der Waals surface area contributed by atoms with Crippen LogP contribution in [0.3, 0.4) is 0 Å². The molecule has 0 aliphatic carbocycles. The van der Waals surface area contributed by atoms with Crippen LogP contribution >= 0.6 is 0 Å². The molecule has 0 fully saturated rings. The Kier molecular flexibility index (Phi) is 10.4. The van der Waals surface area contributed by atoms with Crippen LogP contribution in [-0.2, 0) is 27.3 Å². The van der Waals surface area contributed by atoms with Crippen LogP contribution in [0.2, 0.25) is 0 Å². The van der Waals surface area contributed by atoms with Crippen LogP contribution in [0.15, 0.2) is 54.7 Å². The van der Waals surface area contributed by atoms with Gasteiger partial charge in [-0.2, -0.15) is 0 Å². The number of rotatable bonds is 14. The Morgan fingerprint density at radius 3 is 2.47 bits per heavy atom. The van der Waals surface area contributed by atoms with Crippen LogP contribution in [0, 0.1) is 5.92 Å². The molecule has 1 unspecified atom stereocenters. The molecule has 1 atom stereocenters. The van der Waals surface area contributed by atoms with Crippen molar-refractivity contribution in [3.05, 3.63) is 65.9 Å². The molecule has 1 aromatic heterocycles. The molecule has 0 saturated heterocycles. The topological polar surface area (TPSA) is 74.9 Å². The van der Waals surface area contributed by atoms with E-state index in [4.69, 9.17) is 9.47 Å². The van der Waals surface area contributed by atoms with Gasteiger partial charge < -0.3 is 24.3 Å². The molecular formula is C29H39N3O4. The fourth-order valence-corrected chi connectivity index (χ4v) is 4.34. The van der Waals surface area contributed by atoms with E-state index in [0.717, 1.165) is 34.2 Å². The minimum atomic E-state index is -0.130. The SMILES string of the molecule is CCC(C)C(=O)N(CCCOC)CC(=O)N(CCc1c[nH]c2ccccc12)Cc1ccccc1OC. The summed E-state index contributed by atoms with van der Waals surface area (Å²) in [5.41, 5.74) is 3.18. The zero-order valence-corrected chi connectivity index (χ0v) is 22.0. The summed E-state index contributed by atoms with van der Waals surface area (Å²) in [7, 11) is 3.28.